The molecule has 0 saturated heterocycles. The van der Waals surface area contributed by atoms with E-state index in [9.17, 15) is 9.59 Å². The summed E-state index contributed by atoms with van der Waals surface area (Å²) in [5, 5.41) is 5.78. The van der Waals surface area contributed by atoms with Gasteiger partial charge in [0.05, 0.1) is 23.7 Å². The molecule has 2 aromatic carbocycles. The molecule has 0 fully saturated rings. The number of imidazole rings is 1. The van der Waals surface area contributed by atoms with Gasteiger partial charge in [-0.25, -0.2) is 4.98 Å². The number of benzene rings is 2. The molecule has 7 nitrogen and oxygen atoms in total. The van der Waals surface area contributed by atoms with Crippen LogP contribution in [0.5, 0.6) is 5.75 Å². The predicted octanol–water partition coefficient (Wildman–Crippen LogP) is 4.17. The highest BCUT2D eigenvalue weighted by Crippen LogP contribution is 2.31. The predicted molar refractivity (Wildman–Crippen MR) is 127 cm³/mol. The number of aromatic nitrogens is 2. The van der Waals surface area contributed by atoms with Crippen LogP contribution in [0.4, 0.5) is 5.69 Å². The van der Waals surface area contributed by atoms with E-state index in [2.05, 4.69) is 10.6 Å². The second-order valence-electron chi connectivity index (χ2n) is 7.09. The van der Waals surface area contributed by atoms with E-state index < -0.39 is 0 Å². The number of nitrogens with one attached hydrogen (secondary N) is 2. The van der Waals surface area contributed by atoms with Crippen LogP contribution >= 0.6 is 11.8 Å². The summed E-state index contributed by atoms with van der Waals surface area (Å²) in [5.74, 6) is 2.08. The van der Waals surface area contributed by atoms with Crippen molar-refractivity contribution < 1.29 is 14.3 Å². The third-order valence-corrected chi connectivity index (χ3v) is 5.56. The Morgan fingerprint density at radius 2 is 2.03 bits per heavy atom. The van der Waals surface area contributed by atoms with E-state index in [1.165, 1.54) is 6.92 Å². The number of ether oxygens (including phenoxy) is 1. The number of hydrogen-bond donors (Lipinski definition) is 2. The van der Waals surface area contributed by atoms with Gasteiger partial charge in [0.2, 0.25) is 5.91 Å². The smallest absolute Gasteiger partial charge is 0.253 e. The highest BCUT2D eigenvalue weighted by molar-refractivity contribution is 7.98. The Balaban J connectivity index is 2.14. The second-order valence-corrected chi connectivity index (χ2v) is 8.07. The number of nitrogens with zero attached hydrogens (tertiary/aromatic N) is 2. The summed E-state index contributed by atoms with van der Waals surface area (Å²) in [6, 6.07) is 11.2. The maximum atomic E-state index is 13.1. The maximum absolute atomic E-state index is 13.1. The summed E-state index contributed by atoms with van der Waals surface area (Å²) in [6.07, 6.45) is 2.94. The van der Waals surface area contributed by atoms with Crippen LogP contribution in [0.1, 0.15) is 30.6 Å². The molecule has 0 unspecified atom stereocenters. The van der Waals surface area contributed by atoms with Gasteiger partial charge in [0, 0.05) is 31.3 Å². The van der Waals surface area contributed by atoms with Crippen LogP contribution in [0.15, 0.2) is 36.4 Å². The van der Waals surface area contributed by atoms with Crippen molar-refractivity contribution in [2.24, 2.45) is 0 Å². The van der Waals surface area contributed by atoms with Crippen molar-refractivity contribution in [3.63, 3.8) is 0 Å². The normalized spacial score (nSPS) is 10.8. The SMILES string of the molecule is CCn1c(-c2cccc(OC)c2)nc2cc(NC(C)=O)cc(C(=O)NCCCSC)c21. The molecular formula is C23H28N4O3S. The molecule has 2 amide bonds. The van der Waals surface area contributed by atoms with Crippen LogP contribution in [0.2, 0.25) is 0 Å². The molecule has 3 aromatic rings. The molecule has 8 heteroatoms. The van der Waals surface area contributed by atoms with E-state index in [4.69, 9.17) is 9.72 Å². The zero-order valence-electron chi connectivity index (χ0n) is 18.3. The summed E-state index contributed by atoms with van der Waals surface area (Å²) in [4.78, 5) is 29.5. The Hall–Kier alpha value is -3.00. The second kappa shape index (κ2) is 10.3. The number of carbonyl (C=O) groups excluding carboxylic acids is 2. The van der Waals surface area contributed by atoms with Gasteiger partial charge in [0.15, 0.2) is 0 Å². The lowest BCUT2D eigenvalue weighted by molar-refractivity contribution is -0.114. The molecule has 0 atom stereocenters. The average molecular weight is 441 g/mol. The number of aryl methyl sites for hydroxylation is 1. The number of rotatable bonds is 9. The van der Waals surface area contributed by atoms with Gasteiger partial charge in [-0.05, 0) is 49.6 Å². The molecule has 164 valence electrons. The summed E-state index contributed by atoms with van der Waals surface area (Å²) in [7, 11) is 1.63. The van der Waals surface area contributed by atoms with Crippen molar-refractivity contribution in [3.8, 4) is 17.1 Å². The largest absolute Gasteiger partial charge is 0.497 e. The fraction of sp³-hybridized carbons (Fsp3) is 0.348. The molecule has 0 aliphatic rings. The van der Waals surface area contributed by atoms with E-state index in [0.717, 1.165) is 34.8 Å². The van der Waals surface area contributed by atoms with Crippen LogP contribution in [0, 0.1) is 0 Å². The summed E-state index contributed by atoms with van der Waals surface area (Å²) in [6.45, 7) is 4.69. The molecule has 0 aliphatic heterocycles. The Kier molecular flexibility index (Phi) is 7.57. The molecule has 0 radical (unpaired) electrons. The lowest BCUT2D eigenvalue weighted by atomic mass is 10.1. The fourth-order valence-corrected chi connectivity index (χ4v) is 3.95. The van der Waals surface area contributed by atoms with Gasteiger partial charge in [0.1, 0.15) is 11.6 Å². The van der Waals surface area contributed by atoms with Crippen molar-refractivity contribution in [2.45, 2.75) is 26.8 Å². The summed E-state index contributed by atoms with van der Waals surface area (Å²) >= 11 is 1.75. The lowest BCUT2D eigenvalue weighted by Crippen LogP contribution is -2.25. The third kappa shape index (κ3) is 5.19. The minimum Gasteiger partial charge on any atom is -0.497 e. The van der Waals surface area contributed by atoms with Crippen LogP contribution < -0.4 is 15.4 Å². The molecule has 0 aliphatic carbocycles. The minimum absolute atomic E-state index is 0.176. The van der Waals surface area contributed by atoms with Gasteiger partial charge in [-0.15, -0.1) is 0 Å². The van der Waals surface area contributed by atoms with Crippen LogP contribution in [-0.4, -0.2) is 47.0 Å². The first-order chi connectivity index (χ1) is 15.0. The number of carbonyl (C=O) groups is 2. The molecule has 31 heavy (non-hydrogen) atoms. The Morgan fingerprint density at radius 1 is 1.23 bits per heavy atom. The number of hydrogen-bond acceptors (Lipinski definition) is 5. The number of thioether (sulfide) groups is 1. The van der Waals surface area contributed by atoms with E-state index in [1.807, 2.05) is 42.0 Å². The van der Waals surface area contributed by atoms with Crippen molar-refractivity contribution in [2.75, 3.05) is 31.0 Å². The minimum atomic E-state index is -0.200. The average Bonchev–Trinajstić information content (AvgIpc) is 3.14. The molecule has 0 bridgehead atoms. The molecule has 3 rings (SSSR count). The van der Waals surface area contributed by atoms with Crippen LogP contribution in [-0.2, 0) is 11.3 Å². The highest BCUT2D eigenvalue weighted by Gasteiger charge is 2.20. The zero-order valence-corrected chi connectivity index (χ0v) is 19.1. The van der Waals surface area contributed by atoms with Crippen molar-refractivity contribution in [1.82, 2.24) is 14.9 Å². The van der Waals surface area contributed by atoms with E-state index in [1.54, 1.807) is 31.0 Å². The van der Waals surface area contributed by atoms with Gasteiger partial charge >= 0.3 is 0 Å². The number of anilines is 1. The first-order valence-electron chi connectivity index (χ1n) is 10.2. The number of fused-ring (bicyclic) bond motifs is 1. The standard InChI is InChI=1S/C23H28N4O3S/c1-5-27-21-19(23(29)24-10-7-11-31-4)13-17(25-15(2)28)14-20(21)26-22(27)16-8-6-9-18(12-16)30-3/h6,8-9,12-14H,5,7,10-11H2,1-4H3,(H,24,29)(H,25,28). The van der Waals surface area contributed by atoms with Crippen molar-refractivity contribution in [3.05, 3.63) is 42.0 Å². The van der Waals surface area contributed by atoms with Crippen molar-refractivity contribution >= 4 is 40.3 Å². The van der Waals surface area contributed by atoms with Gasteiger partial charge in [0.25, 0.3) is 5.91 Å². The van der Waals surface area contributed by atoms with E-state index >= 15 is 0 Å². The first-order valence-corrected chi connectivity index (χ1v) is 11.6. The van der Waals surface area contributed by atoms with Gasteiger partial charge in [-0.1, -0.05) is 12.1 Å². The number of amides is 2. The van der Waals surface area contributed by atoms with Crippen molar-refractivity contribution in [1.29, 1.82) is 0 Å². The number of methoxy groups -OCH3 is 1. The van der Waals surface area contributed by atoms with Gasteiger partial charge in [-0.2, -0.15) is 11.8 Å². The van der Waals surface area contributed by atoms with Crippen LogP contribution in [0.25, 0.3) is 22.4 Å². The topological polar surface area (TPSA) is 85.2 Å². The zero-order chi connectivity index (χ0) is 22.4. The fourth-order valence-electron chi connectivity index (χ4n) is 3.52. The van der Waals surface area contributed by atoms with E-state index in [-0.39, 0.29) is 11.8 Å². The summed E-state index contributed by atoms with van der Waals surface area (Å²) in [5.41, 5.74) is 3.34. The molecule has 0 saturated carbocycles. The first kappa shape index (κ1) is 22.7. The van der Waals surface area contributed by atoms with Crippen LogP contribution in [0.3, 0.4) is 0 Å². The monoisotopic (exact) mass is 440 g/mol. The Morgan fingerprint density at radius 3 is 2.71 bits per heavy atom. The molecular weight excluding hydrogens is 412 g/mol. The molecule has 0 spiro atoms. The Bertz CT molecular complexity index is 1090. The quantitative estimate of drug-likeness (QED) is 0.488. The molecule has 2 N–H and O–H groups in total. The molecule has 1 heterocycles. The van der Waals surface area contributed by atoms with Gasteiger partial charge < -0.3 is 19.9 Å². The van der Waals surface area contributed by atoms with Gasteiger partial charge in [-0.3, -0.25) is 9.59 Å². The highest BCUT2D eigenvalue weighted by atomic mass is 32.2. The maximum Gasteiger partial charge on any atom is 0.253 e. The summed E-state index contributed by atoms with van der Waals surface area (Å²) < 4.78 is 7.39. The lowest BCUT2D eigenvalue weighted by Gasteiger charge is -2.12. The Labute approximate surface area is 186 Å². The third-order valence-electron chi connectivity index (χ3n) is 4.86. The molecule has 1 aromatic heterocycles. The van der Waals surface area contributed by atoms with E-state index in [0.29, 0.717) is 29.9 Å².